The van der Waals surface area contributed by atoms with E-state index in [9.17, 15) is 28.7 Å². The number of halogens is 2. The third-order valence-corrected chi connectivity index (χ3v) is 6.82. The number of hydrogen-bond donors (Lipinski definition) is 3. The minimum atomic E-state index is -1.21. The maximum absolute atomic E-state index is 14.5. The molecule has 3 aromatic heterocycles. The fourth-order valence-corrected chi connectivity index (χ4v) is 4.43. The number of carbonyl (C=O) groups excluding carboxylic acids is 2. The van der Waals surface area contributed by atoms with Crippen molar-refractivity contribution in [3.8, 4) is 0 Å². The van der Waals surface area contributed by atoms with Crippen molar-refractivity contribution >= 4 is 46.4 Å². The lowest BCUT2D eigenvalue weighted by Crippen LogP contribution is -2.37. The van der Waals surface area contributed by atoms with Crippen molar-refractivity contribution in [2.75, 3.05) is 33.0 Å². The number of nitrogens with one attached hydrogen (secondary N) is 2. The number of aromatic amines is 1. The lowest BCUT2D eigenvalue weighted by atomic mass is 10.0. The van der Waals surface area contributed by atoms with Crippen LogP contribution >= 0.6 is 11.6 Å². The molecule has 226 valence electrons. The summed E-state index contributed by atoms with van der Waals surface area (Å²) in [5, 5.41) is 12.0. The van der Waals surface area contributed by atoms with Gasteiger partial charge in [-0.1, -0.05) is 31.5 Å². The average Bonchev–Trinajstić information content (AvgIpc) is 3.34. The summed E-state index contributed by atoms with van der Waals surface area (Å²) < 4.78 is 15.7. The quantitative estimate of drug-likeness (QED) is 0.210. The lowest BCUT2D eigenvalue weighted by Gasteiger charge is -2.21. The fraction of sp³-hybridized carbons (Fsp3) is 0.429. The Bertz CT molecular complexity index is 1550. The van der Waals surface area contributed by atoms with Crippen LogP contribution < -0.4 is 10.9 Å². The van der Waals surface area contributed by atoms with Crippen LogP contribution in [0.5, 0.6) is 0 Å². The van der Waals surface area contributed by atoms with Gasteiger partial charge in [-0.15, -0.1) is 0 Å². The van der Waals surface area contributed by atoms with Gasteiger partial charge in [0.25, 0.3) is 5.56 Å². The summed E-state index contributed by atoms with van der Waals surface area (Å²) in [5.74, 6) is -1.56. The summed E-state index contributed by atoms with van der Waals surface area (Å²) in [6.07, 6.45) is 3.92. The van der Waals surface area contributed by atoms with E-state index in [1.807, 2.05) is 13.8 Å². The number of aromatic nitrogens is 4. The average molecular weight is 604 g/mol. The van der Waals surface area contributed by atoms with Gasteiger partial charge in [-0.3, -0.25) is 19.0 Å². The molecular formula is C28H35ClFN7O5. The van der Waals surface area contributed by atoms with Crippen LogP contribution in [0.2, 0.25) is 5.15 Å². The van der Waals surface area contributed by atoms with E-state index in [1.54, 1.807) is 20.2 Å². The van der Waals surface area contributed by atoms with E-state index in [0.717, 1.165) is 11.1 Å². The van der Waals surface area contributed by atoms with Crippen molar-refractivity contribution in [2.24, 2.45) is 11.8 Å². The van der Waals surface area contributed by atoms with Crippen LogP contribution in [0.4, 0.5) is 14.9 Å². The zero-order valence-corrected chi connectivity index (χ0v) is 24.9. The summed E-state index contributed by atoms with van der Waals surface area (Å²) in [4.78, 5) is 63.7. The molecule has 0 saturated heterocycles. The third-order valence-electron chi connectivity index (χ3n) is 6.49. The molecule has 14 heteroatoms. The van der Waals surface area contributed by atoms with Gasteiger partial charge in [0.1, 0.15) is 28.0 Å². The summed E-state index contributed by atoms with van der Waals surface area (Å²) in [6, 6.07) is 2.81. The zero-order chi connectivity index (χ0) is 31.1. The molecule has 12 nitrogen and oxygen atoms in total. The van der Waals surface area contributed by atoms with Crippen molar-refractivity contribution < 1.29 is 23.9 Å². The Hall–Kier alpha value is -4.26. The van der Waals surface area contributed by atoms with E-state index in [-0.39, 0.29) is 42.2 Å². The van der Waals surface area contributed by atoms with Gasteiger partial charge in [0, 0.05) is 33.3 Å². The number of fused-ring (bicyclic) bond motifs is 1. The SMILES string of the molecule is CC(C)Cc1c(F)cnc2[nH]c(Cn3c(Cl)ccc(NC(=O)[C@@H](CC/C=C/C(=O)N(C)C)CN(C)C(=O)O)c3=O)nc12. The van der Waals surface area contributed by atoms with E-state index in [0.29, 0.717) is 35.4 Å². The van der Waals surface area contributed by atoms with E-state index in [1.165, 1.54) is 34.7 Å². The van der Waals surface area contributed by atoms with Gasteiger partial charge < -0.3 is 25.2 Å². The van der Waals surface area contributed by atoms with Crippen LogP contribution in [-0.4, -0.2) is 80.0 Å². The van der Waals surface area contributed by atoms with E-state index in [2.05, 4.69) is 20.3 Å². The number of imidazole rings is 1. The first-order chi connectivity index (χ1) is 19.8. The Balaban J connectivity index is 1.84. The number of nitrogens with zero attached hydrogens (tertiary/aromatic N) is 5. The van der Waals surface area contributed by atoms with Gasteiger partial charge in [0.2, 0.25) is 11.8 Å². The molecule has 0 aromatic carbocycles. The molecule has 0 aliphatic carbocycles. The Morgan fingerprint density at radius 3 is 2.60 bits per heavy atom. The number of hydrogen-bond acceptors (Lipinski definition) is 6. The van der Waals surface area contributed by atoms with Crippen LogP contribution in [0, 0.1) is 17.7 Å². The maximum atomic E-state index is 14.5. The lowest BCUT2D eigenvalue weighted by molar-refractivity contribution is -0.123. The van der Waals surface area contributed by atoms with Crippen molar-refractivity contribution in [3.05, 3.63) is 63.2 Å². The first-order valence-electron chi connectivity index (χ1n) is 13.3. The molecule has 3 heterocycles. The number of allylic oxidation sites excluding steroid dienone is 1. The zero-order valence-electron chi connectivity index (χ0n) is 24.1. The molecule has 0 aliphatic heterocycles. The number of carboxylic acid groups (broad SMARTS) is 1. The van der Waals surface area contributed by atoms with Gasteiger partial charge >= 0.3 is 6.09 Å². The second kappa shape index (κ2) is 14.1. The third kappa shape index (κ3) is 8.15. The van der Waals surface area contributed by atoms with Gasteiger partial charge in [-0.2, -0.15) is 0 Å². The number of H-pyrrole nitrogens is 1. The van der Waals surface area contributed by atoms with Crippen molar-refractivity contribution in [3.63, 3.8) is 0 Å². The fourth-order valence-electron chi connectivity index (χ4n) is 4.23. The second-order valence-electron chi connectivity index (χ2n) is 10.6. The molecule has 0 saturated carbocycles. The highest BCUT2D eigenvalue weighted by Crippen LogP contribution is 2.22. The van der Waals surface area contributed by atoms with E-state index < -0.39 is 29.3 Å². The van der Waals surface area contributed by atoms with Crippen LogP contribution in [0.25, 0.3) is 11.2 Å². The minimum Gasteiger partial charge on any atom is -0.465 e. The van der Waals surface area contributed by atoms with Gasteiger partial charge in [-0.05, 0) is 43.4 Å². The highest BCUT2D eigenvalue weighted by molar-refractivity contribution is 6.29. The Kier molecular flexibility index (Phi) is 10.8. The first-order valence-corrected chi connectivity index (χ1v) is 13.7. The molecule has 3 aromatic rings. The molecule has 0 aliphatic rings. The van der Waals surface area contributed by atoms with E-state index >= 15 is 0 Å². The molecule has 0 fully saturated rings. The Morgan fingerprint density at radius 2 is 1.95 bits per heavy atom. The van der Waals surface area contributed by atoms with E-state index in [4.69, 9.17) is 11.6 Å². The number of amides is 3. The summed E-state index contributed by atoms with van der Waals surface area (Å²) in [7, 11) is 4.56. The van der Waals surface area contributed by atoms with Gasteiger partial charge in [0.05, 0.1) is 18.7 Å². The topological polar surface area (TPSA) is 154 Å². The van der Waals surface area contributed by atoms with Gasteiger partial charge in [0.15, 0.2) is 5.65 Å². The number of pyridine rings is 2. The molecule has 3 rings (SSSR count). The van der Waals surface area contributed by atoms with Crippen LogP contribution in [0.15, 0.2) is 35.3 Å². The number of likely N-dealkylation sites (N-methyl/N-ethyl adjacent to an activating group) is 1. The molecule has 0 unspecified atom stereocenters. The second-order valence-corrected chi connectivity index (χ2v) is 11.0. The molecule has 1 atom stereocenters. The predicted molar refractivity (Wildman–Crippen MR) is 157 cm³/mol. The molecule has 3 amide bonds. The predicted octanol–water partition coefficient (Wildman–Crippen LogP) is 3.75. The standard InChI is InChI=1S/C28H35ClFN7O5/c1-16(2)12-18-19(30)13-31-25-24(18)33-22(34-25)15-37-21(29)11-10-20(27(37)40)32-26(39)17(14-36(5)28(41)42)8-6-7-9-23(38)35(3)4/h7,9-11,13,16-17H,6,8,12,14-15H2,1-5H3,(H,32,39)(H,41,42)(H,31,33,34)/b9-7+/t17-/m0/s1. The molecule has 0 bridgehead atoms. The molecule has 3 N–H and O–H groups in total. The number of carbonyl (C=O) groups is 3. The monoisotopic (exact) mass is 603 g/mol. The van der Waals surface area contributed by atoms with Crippen LogP contribution in [-0.2, 0) is 22.6 Å². The summed E-state index contributed by atoms with van der Waals surface area (Å²) in [5.41, 5.74) is 0.503. The summed E-state index contributed by atoms with van der Waals surface area (Å²) >= 11 is 6.33. The normalized spacial score (nSPS) is 12.2. The van der Waals surface area contributed by atoms with Crippen molar-refractivity contribution in [2.45, 2.75) is 39.7 Å². The summed E-state index contributed by atoms with van der Waals surface area (Å²) in [6.45, 7) is 3.70. The van der Waals surface area contributed by atoms with Crippen molar-refractivity contribution in [1.82, 2.24) is 29.3 Å². The number of anilines is 1. The smallest absolute Gasteiger partial charge is 0.407 e. The minimum absolute atomic E-state index is 0.0634. The Morgan fingerprint density at radius 1 is 1.24 bits per heavy atom. The van der Waals surface area contributed by atoms with Crippen molar-refractivity contribution in [1.29, 1.82) is 0 Å². The largest absolute Gasteiger partial charge is 0.465 e. The molecule has 42 heavy (non-hydrogen) atoms. The van der Waals surface area contributed by atoms with Crippen LogP contribution in [0.3, 0.4) is 0 Å². The first kappa shape index (κ1) is 32.3. The van der Waals surface area contributed by atoms with Gasteiger partial charge in [-0.25, -0.2) is 19.2 Å². The molecule has 0 radical (unpaired) electrons. The number of rotatable bonds is 12. The van der Waals surface area contributed by atoms with Crippen LogP contribution in [0.1, 0.15) is 38.1 Å². The maximum Gasteiger partial charge on any atom is 0.407 e. The molecule has 0 spiro atoms. The highest BCUT2D eigenvalue weighted by atomic mass is 35.5. The molecular weight excluding hydrogens is 569 g/mol. The highest BCUT2D eigenvalue weighted by Gasteiger charge is 2.24. The Labute approximate surface area is 247 Å².